The number of rotatable bonds is 51. The molecule has 0 radical (unpaired) electrons. The number of hydrogen-bond donors (Lipinski definition) is 27. The van der Waals surface area contributed by atoms with Crippen molar-refractivity contribution in [2.24, 2.45) is 17.4 Å². The fourth-order valence-electron chi connectivity index (χ4n) is 13.7. The lowest BCUT2D eigenvalue weighted by Gasteiger charge is -2.28. The zero-order valence-corrected chi connectivity index (χ0v) is 72.1. The first kappa shape index (κ1) is 102. The molecule has 8 rings (SSSR count). The van der Waals surface area contributed by atoms with Gasteiger partial charge in [-0.3, -0.25) is 72.5 Å². The van der Waals surface area contributed by atoms with Crippen molar-refractivity contribution in [3.8, 4) is 17.2 Å². The van der Waals surface area contributed by atoms with E-state index in [9.17, 15) is 98.4 Å². The summed E-state index contributed by atoms with van der Waals surface area (Å²) in [6.45, 7) is 1.03. The van der Waals surface area contributed by atoms with E-state index in [1.54, 1.807) is 91.1 Å². The van der Waals surface area contributed by atoms with Gasteiger partial charge in [-0.1, -0.05) is 129 Å². The average molecular weight is 1830 g/mol. The number of fused-ring (bicyclic) bond motifs is 1. The van der Waals surface area contributed by atoms with Gasteiger partial charge in [0, 0.05) is 74.8 Å². The number of aliphatic carboxylic acids is 2. The molecule has 0 saturated carbocycles. The van der Waals surface area contributed by atoms with Gasteiger partial charge in [0.15, 0.2) is 5.96 Å². The van der Waals surface area contributed by atoms with Gasteiger partial charge in [-0.15, -0.1) is 0 Å². The predicted molar refractivity (Wildman–Crippen MR) is 474 cm³/mol. The lowest BCUT2D eigenvalue weighted by Crippen LogP contribution is -2.61. The maximum absolute atomic E-state index is 15.4. The number of phenols is 3. The third kappa shape index (κ3) is 32.4. The Morgan fingerprint density at radius 1 is 0.409 bits per heavy atom. The molecule has 0 fully saturated rings. The quantitative estimate of drug-likeness (QED) is 0.00985. The summed E-state index contributed by atoms with van der Waals surface area (Å²) in [5.74, 6) is -18.8. The molecule has 6 aromatic carbocycles. The lowest BCUT2D eigenvalue weighted by molar-refractivity contribution is -0.144. The van der Waals surface area contributed by atoms with Crippen molar-refractivity contribution in [1.29, 1.82) is 5.41 Å². The summed E-state index contributed by atoms with van der Waals surface area (Å²) < 4.78 is 0. The van der Waals surface area contributed by atoms with Gasteiger partial charge in [-0.2, -0.15) is 0 Å². The maximum Gasteiger partial charge on any atom is 0.326 e. The molecule has 29 N–H and O–H groups in total. The van der Waals surface area contributed by atoms with Gasteiger partial charge in [-0.05, 0) is 102 Å². The fraction of sp³-hybridized carbons (Fsp3) is 0.360. The van der Waals surface area contributed by atoms with Crippen molar-refractivity contribution in [3.63, 3.8) is 0 Å². The molecular formula is C89H110N20O23. The minimum atomic E-state index is -1.98. The van der Waals surface area contributed by atoms with Crippen LogP contribution in [0.25, 0.3) is 10.9 Å². The van der Waals surface area contributed by atoms with Crippen LogP contribution in [-0.2, 0) is 117 Å². The maximum atomic E-state index is 15.4. The van der Waals surface area contributed by atoms with Crippen LogP contribution in [0.5, 0.6) is 17.2 Å². The first-order valence-corrected chi connectivity index (χ1v) is 42.0. The molecule has 43 heteroatoms. The summed E-state index contributed by atoms with van der Waals surface area (Å²) >= 11 is 0. The average Bonchev–Trinajstić information content (AvgIpc) is 1.63. The van der Waals surface area contributed by atoms with Crippen LogP contribution in [0.1, 0.15) is 79.1 Å². The number of aromatic amines is 2. The smallest absolute Gasteiger partial charge is 0.326 e. The van der Waals surface area contributed by atoms with Crippen LogP contribution < -0.4 is 85.9 Å². The topological polar surface area (TPSA) is 707 Å². The summed E-state index contributed by atoms with van der Waals surface area (Å²) in [6, 6.07) is 17.4. The number of benzene rings is 6. The number of nitrogens with two attached hydrogens (primary N) is 2. The number of amides is 13. The number of aromatic hydroxyl groups is 3. The van der Waals surface area contributed by atoms with Crippen LogP contribution in [0.15, 0.2) is 176 Å². The number of hydrogen-bond acceptors (Lipinski definition) is 24. The van der Waals surface area contributed by atoms with E-state index in [1.165, 1.54) is 106 Å². The Bertz CT molecular complexity index is 5280. The molecule has 0 saturated heterocycles. The molecule has 0 spiro atoms. The van der Waals surface area contributed by atoms with Gasteiger partial charge in [0.1, 0.15) is 95.8 Å². The first-order valence-electron chi connectivity index (χ1n) is 42.0. The normalized spacial score (nSPS) is 14.3. The Balaban J connectivity index is 1.03. The second kappa shape index (κ2) is 50.4. The molecule has 43 nitrogen and oxygen atoms in total. The summed E-state index contributed by atoms with van der Waals surface area (Å²) in [5, 5.41) is 125. The third-order valence-electron chi connectivity index (χ3n) is 20.9. The number of carboxylic acid groups (broad SMARTS) is 2. The molecule has 13 amide bonds. The van der Waals surface area contributed by atoms with Gasteiger partial charge in [0.25, 0.3) is 0 Å². The third-order valence-corrected chi connectivity index (χ3v) is 20.9. The predicted octanol–water partition coefficient (Wildman–Crippen LogP) is -3.89. The Labute approximate surface area is 755 Å². The number of H-pyrrole nitrogens is 2. The molecule has 0 aliphatic rings. The number of aromatic nitrogens is 3. The van der Waals surface area contributed by atoms with Crippen LogP contribution in [0.3, 0.4) is 0 Å². The van der Waals surface area contributed by atoms with Crippen LogP contribution >= 0.6 is 0 Å². The molecule has 8 aromatic rings. The highest BCUT2D eigenvalue weighted by Gasteiger charge is 2.39. The van der Waals surface area contributed by atoms with Crippen molar-refractivity contribution in [2.75, 3.05) is 26.3 Å². The molecule has 2 heterocycles. The van der Waals surface area contributed by atoms with Crippen LogP contribution in [0.4, 0.5) is 0 Å². The number of carbonyl (C=O) groups is 15. The van der Waals surface area contributed by atoms with Gasteiger partial charge in [0.2, 0.25) is 76.8 Å². The number of aliphatic hydroxyl groups excluding tert-OH is 3. The molecule has 0 aliphatic heterocycles. The Kier molecular flexibility index (Phi) is 39.0. The summed E-state index contributed by atoms with van der Waals surface area (Å²) in [6.07, 6.45) is -0.768. The van der Waals surface area contributed by atoms with Gasteiger partial charge < -0.3 is 137 Å². The summed E-state index contributed by atoms with van der Waals surface area (Å²) in [4.78, 5) is 223. The molecular weight excluding hydrogens is 1720 g/mol. The van der Waals surface area contributed by atoms with E-state index >= 15 is 14.4 Å². The number of nitrogens with one attached hydrogen (secondary N) is 17. The van der Waals surface area contributed by atoms with Crippen LogP contribution in [-0.4, -0.2) is 261 Å². The fourth-order valence-corrected chi connectivity index (χ4v) is 13.7. The molecule has 0 bridgehead atoms. The zero-order valence-electron chi connectivity index (χ0n) is 72.1. The summed E-state index contributed by atoms with van der Waals surface area (Å²) in [7, 11) is 0. The van der Waals surface area contributed by atoms with Crippen molar-refractivity contribution < 1.29 is 113 Å². The number of guanidine groups is 1. The second-order valence-corrected chi connectivity index (χ2v) is 31.5. The minimum Gasteiger partial charge on any atom is -0.508 e. The number of nitrogens with zero attached hydrogens (tertiary/aromatic N) is 1. The van der Waals surface area contributed by atoms with Crippen LogP contribution in [0.2, 0.25) is 0 Å². The van der Waals surface area contributed by atoms with Gasteiger partial charge in [-0.25, -0.2) is 9.78 Å². The lowest BCUT2D eigenvalue weighted by atomic mass is 9.99. The largest absolute Gasteiger partial charge is 0.508 e. The second-order valence-electron chi connectivity index (χ2n) is 31.5. The zero-order chi connectivity index (χ0) is 96.3. The van der Waals surface area contributed by atoms with Gasteiger partial charge >= 0.3 is 11.9 Å². The minimum absolute atomic E-state index is 0.0496. The summed E-state index contributed by atoms with van der Waals surface area (Å²) in [5.41, 5.74) is 14.3. The van der Waals surface area contributed by atoms with E-state index in [1.807, 2.05) is 0 Å². The molecule has 704 valence electrons. The monoisotopic (exact) mass is 1830 g/mol. The number of phenolic OH excluding ortho intramolecular Hbond substituents is 3. The SMILES string of the molecule is CC(C)[C@H](NC(=O)[C@H](CC(=O)O)NC(=O)[C@H](Cc1ccccc1)NC(=O)[C@H](Cc1ccccc1)NC(=O)[C@H](Cc1c[nH]c2ccccc12)NC(=O)[C@H](Cc1ccc(O)cc1)NC(=O)[C@H](CO)NC(=O)[C@H](Cc1ccc(O)cc1)NC(=O)CNC(=O)[C@H](Cc1c[nH]cn1)NC(=O)[C@H](Cc1ccc(O)cc1)NC(=O)[C@H](CO)NC(=O)[C@H](CCCNC(=N)N)NC(=O)[C@@H](N)[C@@H](C)O)C(=O)O. The highest BCUT2D eigenvalue weighted by Crippen LogP contribution is 2.22. The Hall–Kier alpha value is -15.4. The highest BCUT2D eigenvalue weighted by atomic mass is 16.4. The number of imidazole rings is 1. The molecule has 2 aromatic heterocycles. The number of carboxylic acids is 2. The standard InChI is InChI=1S/C89H110N20O23/c1-47(2)75(88(131)132)109-84(127)69(40-73(117)118)106-82(125)64(34-50-15-8-5-9-16-50)100-79(122)63(33-49-13-6-4-7-14-49)101-83(126)67(38-54-41-95-60-18-11-10-17-59(54)60)104-80(123)65(36-52-22-28-57(114)29-23-52)102-86(129)71(45-111)108-78(121)62(35-51-20-26-56(113)27-21-51)98-72(116)43-96-76(119)68(39-55-42-93-46-97-55)105-81(124)66(37-53-24-30-58(115)31-25-53)103-85(128)70(44-110)107-77(120)61(19-12-32-94-89(91)92)99-87(130)74(90)48(3)112/h4-11,13-18,20-31,41-42,46-48,61-71,74-75,95,110-115H,12,19,32-40,43-45,90H2,1-3H3,(H,93,97)(H,96,119)(H,98,116)(H,99,130)(H,100,122)(H,101,126)(H,102,129)(H,103,128)(H,104,123)(H,105,124)(H,106,125)(H,107,120)(H,108,121)(H,109,127)(H,117,118)(H,131,132)(H4,91,92,94)/t48-,61+,62+,63+,64+,65+,66+,67+,68+,69+,70+,71+,74+,75+/m1/s1. The molecule has 14 atom stereocenters. The Morgan fingerprint density at radius 3 is 1.17 bits per heavy atom. The first-order chi connectivity index (χ1) is 62.9. The molecule has 0 unspecified atom stereocenters. The van der Waals surface area contributed by atoms with Crippen molar-refractivity contribution in [2.45, 2.75) is 170 Å². The van der Waals surface area contributed by atoms with Crippen molar-refractivity contribution in [3.05, 3.63) is 216 Å². The van der Waals surface area contributed by atoms with Crippen LogP contribution in [0, 0.1) is 11.3 Å². The van der Waals surface area contributed by atoms with E-state index in [4.69, 9.17) is 16.9 Å². The van der Waals surface area contributed by atoms with E-state index in [0.29, 0.717) is 44.3 Å². The van der Waals surface area contributed by atoms with E-state index < -0.39 is 231 Å². The number of para-hydroxylation sites is 1. The van der Waals surface area contributed by atoms with E-state index in [0.717, 1.165) is 0 Å². The molecule has 132 heavy (non-hydrogen) atoms. The highest BCUT2D eigenvalue weighted by molar-refractivity contribution is 6.01. The Morgan fingerprint density at radius 2 is 0.773 bits per heavy atom. The van der Waals surface area contributed by atoms with Crippen molar-refractivity contribution >= 4 is 106 Å². The van der Waals surface area contributed by atoms with E-state index in [-0.39, 0.29) is 68.0 Å². The molecule has 0 aliphatic carbocycles. The number of aliphatic hydroxyl groups is 3. The van der Waals surface area contributed by atoms with Crippen molar-refractivity contribution in [1.82, 2.24) is 89.4 Å². The number of carbonyl (C=O) groups excluding carboxylic acids is 13. The van der Waals surface area contributed by atoms with Gasteiger partial charge in [0.05, 0.1) is 44.3 Å². The van der Waals surface area contributed by atoms with E-state index in [2.05, 4.69) is 89.4 Å².